The summed E-state index contributed by atoms with van der Waals surface area (Å²) >= 11 is 6.44. The second kappa shape index (κ2) is 9.05. The van der Waals surface area contributed by atoms with Crippen molar-refractivity contribution in [2.75, 3.05) is 18.2 Å². The van der Waals surface area contributed by atoms with Crippen molar-refractivity contribution < 1.29 is 9.53 Å². The molecule has 1 aromatic heterocycles. The third kappa shape index (κ3) is 5.63. The fourth-order valence-electron chi connectivity index (χ4n) is 1.61. The van der Waals surface area contributed by atoms with Crippen LogP contribution in [0.2, 0.25) is 0 Å². The molecule has 1 amide bonds. The first-order chi connectivity index (χ1) is 11.1. The summed E-state index contributed by atoms with van der Waals surface area (Å²) in [5.41, 5.74) is 0.893. The van der Waals surface area contributed by atoms with Crippen molar-refractivity contribution in [1.29, 1.82) is 0 Å². The molecule has 0 saturated carbocycles. The van der Waals surface area contributed by atoms with Crippen LogP contribution in [0.1, 0.15) is 18.9 Å². The van der Waals surface area contributed by atoms with Crippen LogP contribution in [0, 0.1) is 0 Å². The molecule has 23 heavy (non-hydrogen) atoms. The van der Waals surface area contributed by atoms with Crippen LogP contribution in [-0.2, 0) is 4.79 Å². The zero-order valence-electron chi connectivity index (χ0n) is 12.7. The maximum atomic E-state index is 11.9. The van der Waals surface area contributed by atoms with Crippen molar-refractivity contribution in [2.45, 2.75) is 17.7 Å². The van der Waals surface area contributed by atoms with E-state index in [1.807, 2.05) is 18.2 Å². The average Bonchev–Trinajstić information content (AvgIpc) is 2.98. The number of aromatic nitrogens is 2. The quantitative estimate of drug-likeness (QED) is 0.412. The number of methoxy groups -OCH3 is 1. The van der Waals surface area contributed by atoms with Gasteiger partial charge in [-0.25, -0.2) is 0 Å². The minimum absolute atomic E-state index is 0.236. The molecular formula is C15H16BrN3O2S2. The first-order valence-electron chi connectivity index (χ1n) is 6.91. The van der Waals surface area contributed by atoms with Crippen molar-refractivity contribution in [3.63, 3.8) is 0 Å². The van der Waals surface area contributed by atoms with Crippen LogP contribution in [0.15, 0.2) is 33.1 Å². The Hall–Kier alpha value is -1.38. The molecule has 0 bridgehead atoms. The van der Waals surface area contributed by atoms with E-state index in [0.29, 0.717) is 5.13 Å². The van der Waals surface area contributed by atoms with Gasteiger partial charge in [0.25, 0.3) is 0 Å². The molecular weight excluding hydrogens is 398 g/mol. The Morgan fingerprint density at radius 3 is 3.00 bits per heavy atom. The summed E-state index contributed by atoms with van der Waals surface area (Å²) in [6, 6.07) is 5.59. The number of hydrogen-bond acceptors (Lipinski definition) is 6. The van der Waals surface area contributed by atoms with E-state index in [1.165, 1.54) is 17.4 Å². The zero-order chi connectivity index (χ0) is 16.7. The first-order valence-corrected chi connectivity index (χ1v) is 9.50. The van der Waals surface area contributed by atoms with Gasteiger partial charge in [-0.3, -0.25) is 10.1 Å². The molecule has 0 fully saturated rings. The van der Waals surface area contributed by atoms with E-state index in [9.17, 15) is 4.79 Å². The number of ether oxygens (including phenoxy) is 1. The zero-order valence-corrected chi connectivity index (χ0v) is 15.9. The van der Waals surface area contributed by atoms with E-state index < -0.39 is 0 Å². The molecule has 1 N–H and O–H groups in total. The smallest absolute Gasteiger partial charge is 0.250 e. The normalized spacial score (nSPS) is 10.9. The van der Waals surface area contributed by atoms with E-state index in [-0.39, 0.29) is 5.91 Å². The minimum Gasteiger partial charge on any atom is -0.496 e. The molecule has 0 spiro atoms. The number of anilines is 1. The van der Waals surface area contributed by atoms with E-state index >= 15 is 0 Å². The lowest BCUT2D eigenvalue weighted by Gasteiger charge is -2.03. The Bertz CT molecular complexity index is 704. The summed E-state index contributed by atoms with van der Waals surface area (Å²) in [6.07, 6.45) is 4.27. The summed E-state index contributed by atoms with van der Waals surface area (Å²) < 4.78 is 6.87. The molecule has 122 valence electrons. The SMILES string of the molecule is CCCSc1nnc(NC(=O)/C=C/c2ccc(OC)c(Br)c2)s1. The molecule has 8 heteroatoms. The fraction of sp³-hybridized carbons (Fsp3) is 0.267. The number of carbonyl (C=O) groups excluding carboxylic acids is 1. The lowest BCUT2D eigenvalue weighted by molar-refractivity contribution is -0.111. The van der Waals surface area contributed by atoms with Gasteiger partial charge >= 0.3 is 0 Å². The van der Waals surface area contributed by atoms with Gasteiger partial charge in [0.15, 0.2) is 4.34 Å². The minimum atomic E-state index is -0.236. The van der Waals surface area contributed by atoms with Crippen molar-refractivity contribution >= 4 is 56.1 Å². The fourth-order valence-corrected chi connectivity index (χ4v) is 3.85. The number of thioether (sulfide) groups is 1. The molecule has 0 unspecified atom stereocenters. The highest BCUT2D eigenvalue weighted by molar-refractivity contribution is 9.10. The molecule has 0 aliphatic rings. The van der Waals surface area contributed by atoms with Gasteiger partial charge in [0, 0.05) is 11.8 Å². The molecule has 0 atom stereocenters. The highest BCUT2D eigenvalue weighted by Gasteiger charge is 2.06. The molecule has 2 aromatic rings. The Kier molecular flexibility index (Phi) is 7.07. The molecule has 1 aromatic carbocycles. The van der Waals surface area contributed by atoms with Crippen molar-refractivity contribution in [2.24, 2.45) is 0 Å². The van der Waals surface area contributed by atoms with Crippen molar-refractivity contribution in [3.05, 3.63) is 34.3 Å². The number of nitrogens with zero attached hydrogens (tertiary/aromatic N) is 2. The number of nitrogens with one attached hydrogen (secondary N) is 1. The highest BCUT2D eigenvalue weighted by atomic mass is 79.9. The van der Waals surface area contributed by atoms with Gasteiger partial charge in [-0.1, -0.05) is 36.1 Å². The van der Waals surface area contributed by atoms with Crippen LogP contribution in [-0.4, -0.2) is 29.0 Å². The van der Waals surface area contributed by atoms with E-state index in [1.54, 1.807) is 24.9 Å². The number of halogens is 1. The summed E-state index contributed by atoms with van der Waals surface area (Å²) in [4.78, 5) is 11.9. The Morgan fingerprint density at radius 2 is 2.30 bits per heavy atom. The number of benzene rings is 1. The molecule has 0 radical (unpaired) electrons. The van der Waals surface area contributed by atoms with Gasteiger partial charge in [0.1, 0.15) is 5.75 Å². The van der Waals surface area contributed by atoms with Gasteiger partial charge in [-0.2, -0.15) is 0 Å². The topological polar surface area (TPSA) is 64.1 Å². The Balaban J connectivity index is 1.93. The van der Waals surface area contributed by atoms with Gasteiger partial charge in [0.05, 0.1) is 11.6 Å². The van der Waals surface area contributed by atoms with E-state index in [4.69, 9.17) is 4.74 Å². The van der Waals surface area contributed by atoms with Gasteiger partial charge in [0.2, 0.25) is 11.0 Å². The molecule has 0 saturated heterocycles. The second-order valence-corrected chi connectivity index (χ2v) is 7.61. The third-order valence-electron chi connectivity index (χ3n) is 2.67. The monoisotopic (exact) mass is 413 g/mol. The van der Waals surface area contributed by atoms with Crippen LogP contribution in [0.5, 0.6) is 5.75 Å². The lowest BCUT2D eigenvalue weighted by Crippen LogP contribution is -2.07. The van der Waals surface area contributed by atoms with Crippen molar-refractivity contribution in [1.82, 2.24) is 10.2 Å². The van der Waals surface area contributed by atoms with Gasteiger partial charge in [-0.15, -0.1) is 10.2 Å². The molecule has 1 heterocycles. The highest BCUT2D eigenvalue weighted by Crippen LogP contribution is 2.27. The molecule has 5 nitrogen and oxygen atoms in total. The predicted molar refractivity (Wildman–Crippen MR) is 99.3 cm³/mol. The van der Waals surface area contributed by atoms with Crippen molar-refractivity contribution in [3.8, 4) is 5.75 Å². The summed E-state index contributed by atoms with van der Waals surface area (Å²) in [5, 5.41) is 11.2. The van der Waals surface area contributed by atoms with E-state index in [2.05, 4.69) is 38.4 Å². The Labute approximate surface area is 151 Å². The lowest BCUT2D eigenvalue weighted by atomic mass is 10.2. The Morgan fingerprint density at radius 1 is 1.48 bits per heavy atom. The van der Waals surface area contributed by atoms with Crippen LogP contribution in [0.4, 0.5) is 5.13 Å². The number of rotatable bonds is 7. The van der Waals surface area contributed by atoms with Crippen LogP contribution >= 0.6 is 39.0 Å². The number of hydrogen-bond donors (Lipinski definition) is 1. The molecule has 2 rings (SSSR count). The molecule has 0 aliphatic carbocycles. The summed E-state index contributed by atoms with van der Waals surface area (Å²) in [6.45, 7) is 2.11. The third-order valence-corrected chi connectivity index (χ3v) is 5.47. The summed E-state index contributed by atoms with van der Waals surface area (Å²) in [7, 11) is 1.61. The maximum absolute atomic E-state index is 11.9. The second-order valence-electron chi connectivity index (χ2n) is 4.44. The van der Waals surface area contributed by atoms with E-state index in [0.717, 1.165) is 32.3 Å². The number of carbonyl (C=O) groups is 1. The standard InChI is InChI=1S/C15H16BrN3O2S2/c1-3-8-22-15-19-18-14(23-15)17-13(20)7-5-10-4-6-12(21-2)11(16)9-10/h4-7,9H,3,8H2,1-2H3,(H,17,18,20)/b7-5+. The van der Waals surface area contributed by atoms with Gasteiger partial charge < -0.3 is 4.74 Å². The van der Waals surface area contributed by atoms with Crippen LogP contribution in [0.3, 0.4) is 0 Å². The van der Waals surface area contributed by atoms with Crippen LogP contribution in [0.25, 0.3) is 6.08 Å². The largest absolute Gasteiger partial charge is 0.496 e. The molecule has 0 aliphatic heterocycles. The first kappa shape index (κ1) is 18.0. The summed E-state index contributed by atoms with van der Waals surface area (Å²) in [5.74, 6) is 1.51. The predicted octanol–water partition coefficient (Wildman–Crippen LogP) is 4.46. The van der Waals surface area contributed by atoms with Gasteiger partial charge in [-0.05, 0) is 46.1 Å². The average molecular weight is 414 g/mol. The number of amides is 1. The maximum Gasteiger partial charge on any atom is 0.250 e. The van der Waals surface area contributed by atoms with Crippen LogP contribution < -0.4 is 10.1 Å².